The lowest BCUT2D eigenvalue weighted by molar-refractivity contribution is -0.144. The van der Waals surface area contributed by atoms with Gasteiger partial charge in [0.25, 0.3) is 0 Å². The first kappa shape index (κ1) is 15.5. The summed E-state index contributed by atoms with van der Waals surface area (Å²) in [5.41, 5.74) is 2.18. The van der Waals surface area contributed by atoms with Crippen molar-refractivity contribution in [1.29, 1.82) is 0 Å². The lowest BCUT2D eigenvalue weighted by Crippen LogP contribution is -2.52. The number of aromatic nitrogens is 2. The van der Waals surface area contributed by atoms with Crippen LogP contribution in [-0.4, -0.2) is 59.6 Å². The maximum Gasteiger partial charge on any atom is 0.248 e. The van der Waals surface area contributed by atoms with E-state index in [1.165, 1.54) is 6.42 Å². The average molecular weight is 307 g/mol. The largest absolute Gasteiger partial charge is 0.376 e. The molecule has 3 rings (SSSR count). The van der Waals surface area contributed by atoms with Gasteiger partial charge in [0.05, 0.1) is 24.4 Å². The topological polar surface area (TPSA) is 56.6 Å². The van der Waals surface area contributed by atoms with Crippen LogP contribution in [0.15, 0.2) is 6.07 Å². The van der Waals surface area contributed by atoms with Gasteiger partial charge in [0.2, 0.25) is 5.91 Å². The number of carbonyl (C=O) groups is 1. The summed E-state index contributed by atoms with van der Waals surface area (Å²) in [6, 6.07) is 2.37. The van der Waals surface area contributed by atoms with Crippen LogP contribution in [0.2, 0.25) is 0 Å². The van der Waals surface area contributed by atoms with Crippen LogP contribution in [0.5, 0.6) is 0 Å². The van der Waals surface area contributed by atoms with Crippen molar-refractivity contribution < 1.29 is 14.3 Å². The average Bonchev–Trinajstić information content (AvgIpc) is 2.77. The molecule has 6 nitrogen and oxygen atoms in total. The summed E-state index contributed by atoms with van der Waals surface area (Å²) in [4.78, 5) is 13.9. The highest BCUT2D eigenvalue weighted by Crippen LogP contribution is 2.22. The van der Waals surface area contributed by atoms with Crippen LogP contribution >= 0.6 is 0 Å². The zero-order valence-corrected chi connectivity index (χ0v) is 13.5. The van der Waals surface area contributed by atoms with Crippen molar-refractivity contribution >= 4 is 5.91 Å². The Labute approximate surface area is 131 Å². The molecule has 0 unspecified atom stereocenters. The van der Waals surface area contributed by atoms with Crippen molar-refractivity contribution in [3.8, 4) is 0 Å². The van der Waals surface area contributed by atoms with Gasteiger partial charge >= 0.3 is 0 Å². The lowest BCUT2D eigenvalue weighted by atomic mass is 10.1. The molecule has 0 aliphatic carbocycles. The Morgan fingerprint density at radius 1 is 1.41 bits per heavy atom. The van der Waals surface area contributed by atoms with Crippen molar-refractivity contribution in [1.82, 2.24) is 14.7 Å². The molecule has 2 fully saturated rings. The van der Waals surface area contributed by atoms with E-state index >= 15 is 0 Å². The molecular weight excluding hydrogens is 282 g/mol. The molecule has 2 aliphatic rings. The molecule has 22 heavy (non-hydrogen) atoms. The second-order valence-corrected chi connectivity index (χ2v) is 6.33. The molecule has 1 amide bonds. The summed E-state index contributed by atoms with van der Waals surface area (Å²) in [5, 5.41) is 4.48. The van der Waals surface area contributed by atoms with Gasteiger partial charge in [0.1, 0.15) is 6.61 Å². The van der Waals surface area contributed by atoms with Gasteiger partial charge in [-0.05, 0) is 39.2 Å². The Bertz CT molecular complexity index is 517. The van der Waals surface area contributed by atoms with E-state index in [9.17, 15) is 4.79 Å². The van der Waals surface area contributed by atoms with Gasteiger partial charge in [-0.15, -0.1) is 0 Å². The first-order valence-corrected chi connectivity index (χ1v) is 8.13. The highest BCUT2D eigenvalue weighted by Gasteiger charge is 2.33. The molecule has 0 saturated carbocycles. The van der Waals surface area contributed by atoms with Gasteiger partial charge in [-0.1, -0.05) is 0 Å². The first-order chi connectivity index (χ1) is 10.6. The van der Waals surface area contributed by atoms with E-state index in [1.807, 2.05) is 16.5 Å². The number of amides is 1. The smallest absolute Gasteiger partial charge is 0.248 e. The van der Waals surface area contributed by atoms with Crippen molar-refractivity contribution in [3.63, 3.8) is 0 Å². The fourth-order valence-corrected chi connectivity index (χ4v) is 3.14. The predicted octanol–water partition coefficient (Wildman–Crippen LogP) is 1.47. The van der Waals surface area contributed by atoms with Gasteiger partial charge < -0.3 is 14.4 Å². The van der Waals surface area contributed by atoms with Crippen LogP contribution in [0, 0.1) is 13.8 Å². The molecule has 0 N–H and O–H groups in total. The number of likely N-dealkylation sites (tertiary alicyclic amines) is 1. The minimum absolute atomic E-state index is 0.0635. The summed E-state index contributed by atoms with van der Waals surface area (Å²) in [5.74, 6) is 0.0635. The van der Waals surface area contributed by atoms with Crippen molar-refractivity contribution in [2.75, 3.05) is 32.9 Å². The molecule has 1 aromatic heterocycles. The molecule has 122 valence electrons. The number of hydrogen-bond donors (Lipinski definition) is 0. The fourth-order valence-electron chi connectivity index (χ4n) is 3.14. The molecule has 0 radical (unpaired) electrons. The molecule has 0 spiro atoms. The standard InChI is InChI=1S/C16H25N3O3/c1-12-7-13(2)19(17-12)14-8-18(9-14)16(20)11-21-10-15-5-3-4-6-22-15/h7,14-15H,3-6,8-11H2,1-2H3/t15-/m1/s1. The molecular formula is C16H25N3O3. The van der Waals surface area contributed by atoms with Crippen LogP contribution < -0.4 is 0 Å². The minimum atomic E-state index is 0.0635. The van der Waals surface area contributed by atoms with Gasteiger partial charge in [-0.2, -0.15) is 5.10 Å². The third-order valence-corrected chi connectivity index (χ3v) is 4.41. The summed E-state index contributed by atoms with van der Waals surface area (Å²) in [6.07, 6.45) is 3.54. The highest BCUT2D eigenvalue weighted by atomic mass is 16.5. The second kappa shape index (κ2) is 6.79. The van der Waals surface area contributed by atoms with E-state index < -0.39 is 0 Å². The maximum absolute atomic E-state index is 12.1. The lowest BCUT2D eigenvalue weighted by Gasteiger charge is -2.39. The fraction of sp³-hybridized carbons (Fsp3) is 0.750. The van der Waals surface area contributed by atoms with Crippen LogP contribution in [0.1, 0.15) is 36.7 Å². The van der Waals surface area contributed by atoms with Crippen molar-refractivity contribution in [2.45, 2.75) is 45.3 Å². The Morgan fingerprint density at radius 2 is 2.23 bits per heavy atom. The molecule has 2 saturated heterocycles. The Hall–Kier alpha value is -1.40. The Kier molecular flexibility index (Phi) is 4.78. The molecule has 2 aliphatic heterocycles. The number of hydrogen-bond acceptors (Lipinski definition) is 4. The SMILES string of the molecule is Cc1cc(C)n(C2CN(C(=O)COC[C@H]3CCCCO3)C2)n1. The van der Waals surface area contributed by atoms with Crippen molar-refractivity contribution in [2.24, 2.45) is 0 Å². The number of carbonyl (C=O) groups excluding carboxylic acids is 1. The molecule has 6 heteroatoms. The molecule has 0 aromatic carbocycles. The zero-order chi connectivity index (χ0) is 15.5. The van der Waals surface area contributed by atoms with E-state index in [4.69, 9.17) is 9.47 Å². The third-order valence-electron chi connectivity index (χ3n) is 4.41. The Balaban J connectivity index is 1.37. The van der Waals surface area contributed by atoms with E-state index in [2.05, 4.69) is 18.1 Å². The highest BCUT2D eigenvalue weighted by molar-refractivity contribution is 5.78. The maximum atomic E-state index is 12.1. The Morgan fingerprint density at radius 3 is 2.86 bits per heavy atom. The predicted molar refractivity (Wildman–Crippen MR) is 81.7 cm³/mol. The van der Waals surface area contributed by atoms with Crippen LogP contribution in [0.3, 0.4) is 0 Å². The second-order valence-electron chi connectivity index (χ2n) is 6.33. The number of ether oxygens (including phenoxy) is 2. The summed E-state index contributed by atoms with van der Waals surface area (Å²) >= 11 is 0. The third kappa shape index (κ3) is 3.50. The number of nitrogens with zero attached hydrogens (tertiary/aromatic N) is 3. The molecule has 3 heterocycles. The van der Waals surface area contributed by atoms with Gasteiger partial charge in [0.15, 0.2) is 0 Å². The summed E-state index contributed by atoms with van der Waals surface area (Å²) < 4.78 is 13.1. The van der Waals surface area contributed by atoms with E-state index in [0.717, 1.165) is 43.9 Å². The van der Waals surface area contributed by atoms with Crippen LogP contribution in [-0.2, 0) is 14.3 Å². The molecule has 0 bridgehead atoms. The number of aryl methyl sites for hydroxylation is 2. The van der Waals surface area contributed by atoms with E-state index in [0.29, 0.717) is 12.6 Å². The van der Waals surface area contributed by atoms with E-state index in [-0.39, 0.29) is 18.6 Å². The van der Waals surface area contributed by atoms with E-state index in [1.54, 1.807) is 0 Å². The van der Waals surface area contributed by atoms with Gasteiger partial charge in [-0.3, -0.25) is 9.48 Å². The van der Waals surface area contributed by atoms with Gasteiger partial charge in [-0.25, -0.2) is 0 Å². The van der Waals surface area contributed by atoms with Crippen LogP contribution in [0.4, 0.5) is 0 Å². The van der Waals surface area contributed by atoms with Crippen molar-refractivity contribution in [3.05, 3.63) is 17.5 Å². The minimum Gasteiger partial charge on any atom is -0.376 e. The molecule has 1 aromatic rings. The summed E-state index contributed by atoms with van der Waals surface area (Å²) in [7, 11) is 0. The normalized spacial score (nSPS) is 22.6. The monoisotopic (exact) mass is 307 g/mol. The quantitative estimate of drug-likeness (QED) is 0.826. The first-order valence-electron chi connectivity index (χ1n) is 8.13. The number of rotatable bonds is 5. The van der Waals surface area contributed by atoms with Gasteiger partial charge in [0, 0.05) is 25.4 Å². The van der Waals surface area contributed by atoms with Crippen LogP contribution in [0.25, 0.3) is 0 Å². The molecule has 1 atom stereocenters. The summed E-state index contributed by atoms with van der Waals surface area (Å²) in [6.45, 7) is 7.00. The zero-order valence-electron chi connectivity index (χ0n) is 13.5.